The molecular formula is C14H17BrO3. The largest absolute Gasteiger partial charge is 0.496 e. The average molecular weight is 313 g/mol. The lowest BCUT2D eigenvalue weighted by atomic mass is 9.96. The zero-order chi connectivity index (χ0) is 13.1. The van der Waals surface area contributed by atoms with Crippen LogP contribution in [0.1, 0.15) is 18.9 Å². The molecule has 0 aromatic heterocycles. The minimum atomic E-state index is -0.256. The SMILES string of the molecule is COc1ccc(Br)cc1CC(=O)C1OCCC1C. The molecule has 2 atom stereocenters. The molecule has 2 unspecified atom stereocenters. The molecule has 1 aliphatic rings. The van der Waals surface area contributed by atoms with E-state index in [4.69, 9.17) is 9.47 Å². The summed E-state index contributed by atoms with van der Waals surface area (Å²) in [5.74, 6) is 1.20. The van der Waals surface area contributed by atoms with Crippen LogP contribution in [-0.4, -0.2) is 25.6 Å². The van der Waals surface area contributed by atoms with Crippen LogP contribution in [0, 0.1) is 5.92 Å². The minimum Gasteiger partial charge on any atom is -0.496 e. The van der Waals surface area contributed by atoms with E-state index in [9.17, 15) is 4.79 Å². The fourth-order valence-corrected chi connectivity index (χ4v) is 2.69. The summed E-state index contributed by atoms with van der Waals surface area (Å²) in [5, 5.41) is 0. The molecule has 2 rings (SSSR count). The van der Waals surface area contributed by atoms with E-state index in [0.29, 0.717) is 18.9 Å². The number of carbonyl (C=O) groups is 1. The van der Waals surface area contributed by atoms with Gasteiger partial charge in [-0.15, -0.1) is 0 Å². The zero-order valence-electron chi connectivity index (χ0n) is 10.6. The maximum absolute atomic E-state index is 12.2. The van der Waals surface area contributed by atoms with Crippen molar-refractivity contribution in [1.29, 1.82) is 0 Å². The number of rotatable bonds is 4. The highest BCUT2D eigenvalue weighted by Gasteiger charge is 2.30. The summed E-state index contributed by atoms with van der Waals surface area (Å²) in [7, 11) is 1.62. The minimum absolute atomic E-state index is 0.136. The molecular weight excluding hydrogens is 296 g/mol. The van der Waals surface area contributed by atoms with Crippen LogP contribution < -0.4 is 4.74 Å². The van der Waals surface area contributed by atoms with Gasteiger partial charge in [0.15, 0.2) is 5.78 Å². The molecule has 3 nitrogen and oxygen atoms in total. The van der Waals surface area contributed by atoms with Crippen LogP contribution in [0.3, 0.4) is 0 Å². The van der Waals surface area contributed by atoms with Crippen molar-refractivity contribution in [2.75, 3.05) is 13.7 Å². The molecule has 1 heterocycles. The van der Waals surface area contributed by atoms with Gasteiger partial charge in [0, 0.05) is 23.1 Å². The van der Waals surface area contributed by atoms with Gasteiger partial charge < -0.3 is 9.47 Å². The first kappa shape index (κ1) is 13.6. The van der Waals surface area contributed by atoms with Crippen LogP contribution in [0.25, 0.3) is 0 Å². The fourth-order valence-electron chi connectivity index (χ4n) is 2.28. The quantitative estimate of drug-likeness (QED) is 0.857. The van der Waals surface area contributed by atoms with E-state index in [0.717, 1.165) is 22.2 Å². The number of ether oxygens (including phenoxy) is 2. The van der Waals surface area contributed by atoms with Gasteiger partial charge in [-0.05, 0) is 30.5 Å². The normalized spacial score (nSPS) is 23.1. The van der Waals surface area contributed by atoms with E-state index in [1.165, 1.54) is 0 Å². The van der Waals surface area contributed by atoms with Crippen molar-refractivity contribution < 1.29 is 14.3 Å². The van der Waals surface area contributed by atoms with E-state index in [2.05, 4.69) is 22.9 Å². The van der Waals surface area contributed by atoms with Crippen molar-refractivity contribution in [3.63, 3.8) is 0 Å². The Morgan fingerprint density at radius 1 is 1.56 bits per heavy atom. The Bertz CT molecular complexity index is 445. The smallest absolute Gasteiger partial charge is 0.166 e. The summed E-state index contributed by atoms with van der Waals surface area (Å²) < 4.78 is 11.7. The number of benzene rings is 1. The Morgan fingerprint density at radius 3 is 2.94 bits per heavy atom. The van der Waals surface area contributed by atoms with Gasteiger partial charge in [0.1, 0.15) is 11.9 Å². The Balaban J connectivity index is 2.13. The Morgan fingerprint density at radius 2 is 2.33 bits per heavy atom. The third kappa shape index (κ3) is 2.93. The first-order valence-electron chi connectivity index (χ1n) is 6.08. The molecule has 98 valence electrons. The predicted molar refractivity (Wildman–Crippen MR) is 72.9 cm³/mol. The van der Waals surface area contributed by atoms with Crippen LogP contribution in [0.5, 0.6) is 5.75 Å². The van der Waals surface area contributed by atoms with E-state index >= 15 is 0 Å². The molecule has 0 amide bonds. The summed E-state index contributed by atoms with van der Waals surface area (Å²) in [6, 6.07) is 5.70. The maximum Gasteiger partial charge on any atom is 0.166 e. The molecule has 0 N–H and O–H groups in total. The summed E-state index contributed by atoms with van der Waals surface area (Å²) in [6.45, 7) is 2.75. The summed E-state index contributed by atoms with van der Waals surface area (Å²) in [5.41, 5.74) is 0.902. The number of hydrogen-bond donors (Lipinski definition) is 0. The molecule has 1 saturated heterocycles. The van der Waals surface area contributed by atoms with E-state index < -0.39 is 0 Å². The number of ketones is 1. The van der Waals surface area contributed by atoms with Crippen molar-refractivity contribution in [2.45, 2.75) is 25.9 Å². The van der Waals surface area contributed by atoms with Gasteiger partial charge in [-0.1, -0.05) is 22.9 Å². The molecule has 0 radical (unpaired) electrons. The van der Waals surface area contributed by atoms with Crippen LogP contribution in [0.15, 0.2) is 22.7 Å². The number of hydrogen-bond acceptors (Lipinski definition) is 3. The van der Waals surface area contributed by atoms with Crippen LogP contribution in [-0.2, 0) is 16.0 Å². The van der Waals surface area contributed by atoms with Gasteiger partial charge in [-0.2, -0.15) is 0 Å². The number of methoxy groups -OCH3 is 1. The average Bonchev–Trinajstić information content (AvgIpc) is 2.76. The lowest BCUT2D eigenvalue weighted by Crippen LogP contribution is -2.26. The molecule has 1 aromatic rings. The topological polar surface area (TPSA) is 35.5 Å². The molecule has 0 aliphatic carbocycles. The first-order chi connectivity index (χ1) is 8.61. The van der Waals surface area contributed by atoms with E-state index in [1.807, 2.05) is 18.2 Å². The first-order valence-corrected chi connectivity index (χ1v) is 6.88. The highest BCUT2D eigenvalue weighted by molar-refractivity contribution is 9.10. The van der Waals surface area contributed by atoms with Gasteiger partial charge >= 0.3 is 0 Å². The molecule has 18 heavy (non-hydrogen) atoms. The second kappa shape index (κ2) is 5.85. The van der Waals surface area contributed by atoms with Crippen LogP contribution in [0.2, 0.25) is 0 Å². The summed E-state index contributed by atoms with van der Waals surface area (Å²) in [6.07, 6.45) is 1.07. The highest BCUT2D eigenvalue weighted by atomic mass is 79.9. The van der Waals surface area contributed by atoms with Crippen molar-refractivity contribution in [1.82, 2.24) is 0 Å². The lowest BCUT2D eigenvalue weighted by molar-refractivity contribution is -0.128. The third-order valence-electron chi connectivity index (χ3n) is 3.31. The second-order valence-electron chi connectivity index (χ2n) is 4.66. The summed E-state index contributed by atoms with van der Waals surface area (Å²) >= 11 is 3.41. The number of carbonyl (C=O) groups excluding carboxylic acids is 1. The molecule has 1 aliphatic heterocycles. The molecule has 0 saturated carbocycles. The standard InChI is InChI=1S/C14H17BrO3/c1-9-5-6-18-14(9)12(16)8-10-7-11(15)3-4-13(10)17-2/h3-4,7,9,14H,5-6,8H2,1-2H3. The van der Waals surface area contributed by atoms with Gasteiger partial charge in [-0.3, -0.25) is 4.79 Å². The predicted octanol–water partition coefficient (Wildman–Crippen LogP) is 2.99. The fraction of sp³-hybridized carbons (Fsp3) is 0.500. The molecule has 0 bridgehead atoms. The van der Waals surface area contributed by atoms with Crippen molar-refractivity contribution in [3.8, 4) is 5.75 Å². The van der Waals surface area contributed by atoms with E-state index in [1.54, 1.807) is 7.11 Å². The number of halogens is 1. The van der Waals surface area contributed by atoms with Gasteiger partial charge in [-0.25, -0.2) is 0 Å². The van der Waals surface area contributed by atoms with Crippen LogP contribution >= 0.6 is 15.9 Å². The Hall–Kier alpha value is -0.870. The zero-order valence-corrected chi connectivity index (χ0v) is 12.2. The van der Waals surface area contributed by atoms with Crippen molar-refractivity contribution in [3.05, 3.63) is 28.2 Å². The Kier molecular flexibility index (Phi) is 4.40. The van der Waals surface area contributed by atoms with E-state index in [-0.39, 0.29) is 11.9 Å². The monoisotopic (exact) mass is 312 g/mol. The summed E-state index contributed by atoms with van der Waals surface area (Å²) in [4.78, 5) is 12.2. The highest BCUT2D eigenvalue weighted by Crippen LogP contribution is 2.27. The maximum atomic E-state index is 12.2. The van der Waals surface area contributed by atoms with Crippen molar-refractivity contribution >= 4 is 21.7 Å². The molecule has 1 aromatic carbocycles. The van der Waals surface area contributed by atoms with Gasteiger partial charge in [0.25, 0.3) is 0 Å². The third-order valence-corrected chi connectivity index (χ3v) is 3.81. The van der Waals surface area contributed by atoms with Gasteiger partial charge in [0.2, 0.25) is 0 Å². The molecule has 4 heteroatoms. The van der Waals surface area contributed by atoms with Crippen LogP contribution in [0.4, 0.5) is 0 Å². The van der Waals surface area contributed by atoms with Crippen molar-refractivity contribution in [2.24, 2.45) is 5.92 Å². The molecule has 1 fully saturated rings. The Labute approximate surface area is 116 Å². The number of Topliss-reactive ketones (excluding diaryl/α,β-unsaturated/α-hetero) is 1. The van der Waals surface area contributed by atoms with Gasteiger partial charge in [0.05, 0.1) is 7.11 Å². The lowest BCUT2D eigenvalue weighted by Gasteiger charge is -2.14. The second-order valence-corrected chi connectivity index (χ2v) is 5.57. The molecule has 0 spiro atoms.